The number of rotatable bonds is 5. The van der Waals surface area contributed by atoms with E-state index in [0.29, 0.717) is 6.61 Å². The van der Waals surface area contributed by atoms with Crippen LogP contribution in [0.5, 0.6) is 5.75 Å². The molecule has 3 rings (SSSR count). The van der Waals surface area contributed by atoms with Gasteiger partial charge in [-0.05, 0) is 7.05 Å². The predicted octanol–water partition coefficient (Wildman–Crippen LogP) is 1.39. The smallest absolute Gasteiger partial charge is 0.407 e. The van der Waals surface area contributed by atoms with E-state index in [1.54, 1.807) is 0 Å². The van der Waals surface area contributed by atoms with Crippen LogP contribution in [0.3, 0.4) is 0 Å². The molecule has 2 fully saturated rings. The van der Waals surface area contributed by atoms with Gasteiger partial charge in [0.1, 0.15) is 18.0 Å². The Labute approximate surface area is 157 Å². The molecule has 2 heterocycles. The number of benzene rings is 1. The molecule has 0 radical (unpaired) electrons. The summed E-state index contributed by atoms with van der Waals surface area (Å²) >= 11 is 0. The zero-order chi connectivity index (χ0) is 19.4. The Bertz CT molecular complexity index is 637. The fourth-order valence-electron chi connectivity index (χ4n) is 3.41. The molecule has 2 saturated heterocycles. The van der Waals surface area contributed by atoms with E-state index in [-0.39, 0.29) is 37.6 Å². The number of likely N-dealkylation sites (N-methyl/N-ethyl adjacent to an activating group) is 1. The van der Waals surface area contributed by atoms with Crippen molar-refractivity contribution >= 4 is 11.8 Å². The summed E-state index contributed by atoms with van der Waals surface area (Å²) in [6, 6.07) is 2.40. The molecule has 1 N–H and O–H groups in total. The third-order valence-electron chi connectivity index (χ3n) is 5.13. The summed E-state index contributed by atoms with van der Waals surface area (Å²) in [5.41, 5.74) is -0.119. The Morgan fingerprint density at radius 2 is 1.63 bits per heavy atom. The van der Waals surface area contributed by atoms with E-state index < -0.39 is 17.7 Å². The lowest BCUT2D eigenvalue weighted by atomic mass is 10.2. The number of piperazine rings is 2. The maximum atomic E-state index is 14.5. The molecule has 0 aromatic heterocycles. The van der Waals surface area contributed by atoms with Crippen molar-refractivity contribution in [1.29, 1.82) is 0 Å². The second kappa shape index (κ2) is 8.71. The fraction of sp³-hybridized carbons (Fsp3) is 0.611. The molecule has 1 aromatic carbocycles. The first-order valence-corrected chi connectivity index (χ1v) is 9.19. The Kier molecular flexibility index (Phi) is 6.33. The topological polar surface area (TPSA) is 59.5 Å². The molecule has 9 heteroatoms. The SMILES string of the molecule is CN1CCN(CCOc2cc(F)c(N3CCN(C(=O)O)CC3)c(F)c2)CC1. The summed E-state index contributed by atoms with van der Waals surface area (Å²) in [6.07, 6.45) is -1.01. The maximum absolute atomic E-state index is 14.5. The van der Waals surface area contributed by atoms with Crippen LogP contribution in [0.4, 0.5) is 19.3 Å². The second-order valence-electron chi connectivity index (χ2n) is 6.99. The third kappa shape index (κ3) is 4.98. The monoisotopic (exact) mass is 384 g/mol. The summed E-state index contributed by atoms with van der Waals surface area (Å²) in [5, 5.41) is 8.97. The van der Waals surface area contributed by atoms with Gasteiger partial charge in [0, 0.05) is 71.0 Å². The number of carboxylic acid groups (broad SMARTS) is 1. The van der Waals surface area contributed by atoms with Gasteiger partial charge in [0.25, 0.3) is 0 Å². The largest absolute Gasteiger partial charge is 0.492 e. The molecule has 0 unspecified atom stereocenters. The highest BCUT2D eigenvalue weighted by Crippen LogP contribution is 2.29. The van der Waals surface area contributed by atoms with Gasteiger partial charge in [-0.15, -0.1) is 0 Å². The first-order chi connectivity index (χ1) is 12.9. The van der Waals surface area contributed by atoms with Gasteiger partial charge in [0.2, 0.25) is 0 Å². The van der Waals surface area contributed by atoms with Crippen LogP contribution >= 0.6 is 0 Å². The van der Waals surface area contributed by atoms with Crippen molar-refractivity contribution in [1.82, 2.24) is 14.7 Å². The molecule has 150 valence electrons. The highest BCUT2D eigenvalue weighted by molar-refractivity contribution is 5.65. The van der Waals surface area contributed by atoms with Crippen molar-refractivity contribution < 1.29 is 23.4 Å². The first-order valence-electron chi connectivity index (χ1n) is 9.19. The molecule has 1 amide bonds. The molecule has 0 bridgehead atoms. The quantitative estimate of drug-likeness (QED) is 0.828. The molecule has 7 nitrogen and oxygen atoms in total. The maximum Gasteiger partial charge on any atom is 0.407 e. The molecule has 0 atom stereocenters. The number of ether oxygens (including phenoxy) is 1. The van der Waals surface area contributed by atoms with Crippen LogP contribution in [0, 0.1) is 11.6 Å². The van der Waals surface area contributed by atoms with E-state index in [1.165, 1.54) is 21.9 Å². The lowest BCUT2D eigenvalue weighted by Crippen LogP contribution is -2.48. The van der Waals surface area contributed by atoms with E-state index in [2.05, 4.69) is 16.8 Å². The molecule has 27 heavy (non-hydrogen) atoms. The van der Waals surface area contributed by atoms with Crippen molar-refractivity contribution in [2.75, 3.05) is 77.5 Å². The molecular formula is C18H26F2N4O3. The van der Waals surface area contributed by atoms with Crippen LogP contribution in [-0.2, 0) is 0 Å². The van der Waals surface area contributed by atoms with Crippen molar-refractivity contribution in [3.63, 3.8) is 0 Å². The highest BCUT2D eigenvalue weighted by Gasteiger charge is 2.25. The van der Waals surface area contributed by atoms with Crippen molar-refractivity contribution in [2.45, 2.75) is 0 Å². The summed E-state index contributed by atoms with van der Waals surface area (Å²) < 4.78 is 34.5. The molecular weight excluding hydrogens is 358 g/mol. The number of anilines is 1. The number of halogens is 2. The molecule has 0 aliphatic carbocycles. The number of carbonyl (C=O) groups is 1. The Hall–Kier alpha value is -2.13. The lowest BCUT2D eigenvalue weighted by molar-refractivity contribution is 0.133. The lowest BCUT2D eigenvalue weighted by Gasteiger charge is -2.35. The fourth-order valence-corrected chi connectivity index (χ4v) is 3.41. The summed E-state index contributed by atoms with van der Waals surface area (Å²) in [7, 11) is 2.09. The van der Waals surface area contributed by atoms with Gasteiger partial charge in [0.15, 0.2) is 11.6 Å². The zero-order valence-electron chi connectivity index (χ0n) is 15.5. The van der Waals surface area contributed by atoms with Gasteiger partial charge in [-0.25, -0.2) is 13.6 Å². The van der Waals surface area contributed by atoms with Crippen LogP contribution in [-0.4, -0.2) is 98.5 Å². The second-order valence-corrected chi connectivity index (χ2v) is 6.99. The minimum atomic E-state index is -1.01. The Morgan fingerprint density at radius 3 is 2.19 bits per heavy atom. The van der Waals surface area contributed by atoms with Crippen LogP contribution in [0.2, 0.25) is 0 Å². The van der Waals surface area contributed by atoms with Gasteiger partial charge in [0.05, 0.1) is 0 Å². The summed E-state index contributed by atoms with van der Waals surface area (Å²) in [5.74, 6) is -1.20. The van der Waals surface area contributed by atoms with Gasteiger partial charge >= 0.3 is 6.09 Å². The summed E-state index contributed by atoms with van der Waals surface area (Å²) in [4.78, 5) is 18.2. The molecule has 0 saturated carbocycles. The number of amides is 1. The van der Waals surface area contributed by atoms with Crippen LogP contribution in [0.1, 0.15) is 0 Å². The summed E-state index contributed by atoms with van der Waals surface area (Å²) in [6.45, 7) is 5.98. The van der Waals surface area contributed by atoms with Crippen molar-refractivity contribution in [3.05, 3.63) is 23.8 Å². The number of hydrogen-bond donors (Lipinski definition) is 1. The third-order valence-corrected chi connectivity index (χ3v) is 5.13. The van der Waals surface area contributed by atoms with Crippen molar-refractivity contribution in [3.8, 4) is 5.75 Å². The van der Waals surface area contributed by atoms with Crippen molar-refractivity contribution in [2.24, 2.45) is 0 Å². The van der Waals surface area contributed by atoms with Gasteiger partial charge < -0.3 is 24.5 Å². The minimum absolute atomic E-state index is 0.119. The van der Waals surface area contributed by atoms with Crippen LogP contribution in [0.15, 0.2) is 12.1 Å². The first kappa shape index (κ1) is 19.6. The van der Waals surface area contributed by atoms with E-state index in [4.69, 9.17) is 9.84 Å². The Morgan fingerprint density at radius 1 is 1.04 bits per heavy atom. The van der Waals surface area contributed by atoms with Crippen LogP contribution < -0.4 is 9.64 Å². The number of nitrogens with zero attached hydrogens (tertiary/aromatic N) is 4. The van der Waals surface area contributed by atoms with Gasteiger partial charge in [-0.1, -0.05) is 0 Å². The zero-order valence-corrected chi connectivity index (χ0v) is 15.5. The molecule has 2 aliphatic heterocycles. The van der Waals surface area contributed by atoms with Gasteiger partial charge in [-0.3, -0.25) is 4.90 Å². The van der Waals surface area contributed by atoms with E-state index in [0.717, 1.165) is 32.7 Å². The predicted molar refractivity (Wildman–Crippen MR) is 97.6 cm³/mol. The molecule has 1 aromatic rings. The molecule has 0 spiro atoms. The number of hydrogen-bond acceptors (Lipinski definition) is 5. The van der Waals surface area contributed by atoms with E-state index in [1.807, 2.05) is 0 Å². The average molecular weight is 384 g/mol. The van der Waals surface area contributed by atoms with Gasteiger partial charge in [-0.2, -0.15) is 0 Å². The standard InChI is InChI=1S/C18H26F2N4O3/c1-21-2-4-22(5-3-21)10-11-27-14-12-15(19)17(16(20)13-14)23-6-8-24(9-7-23)18(25)26/h12-13H,2-11H2,1H3,(H,25,26). The minimum Gasteiger partial charge on any atom is -0.492 e. The molecule has 2 aliphatic rings. The average Bonchev–Trinajstić information content (AvgIpc) is 2.63. The van der Waals surface area contributed by atoms with E-state index >= 15 is 0 Å². The van der Waals surface area contributed by atoms with E-state index in [9.17, 15) is 13.6 Å². The highest BCUT2D eigenvalue weighted by atomic mass is 19.1. The normalized spacial score (nSPS) is 19.4. The van der Waals surface area contributed by atoms with Crippen LogP contribution in [0.25, 0.3) is 0 Å². The Balaban J connectivity index is 1.54.